The summed E-state index contributed by atoms with van der Waals surface area (Å²) in [6.45, 7) is 4.88. The summed E-state index contributed by atoms with van der Waals surface area (Å²) in [4.78, 5) is 7.04. The molecule has 1 aliphatic heterocycles. The Labute approximate surface area is 172 Å². The van der Waals surface area contributed by atoms with Crippen LogP contribution < -0.4 is 4.74 Å². The number of nitrogens with one attached hydrogen (secondary N) is 1. The van der Waals surface area contributed by atoms with Crippen LogP contribution in [0, 0.1) is 0 Å². The zero-order chi connectivity index (χ0) is 19.8. The topological polar surface area (TPSA) is 74.3 Å². The van der Waals surface area contributed by atoms with Crippen LogP contribution in [-0.4, -0.2) is 38.3 Å². The maximum atomic E-state index is 10.6. The van der Waals surface area contributed by atoms with Gasteiger partial charge in [0, 0.05) is 36.5 Å². The van der Waals surface area contributed by atoms with E-state index in [2.05, 4.69) is 40.2 Å². The van der Waals surface area contributed by atoms with Crippen molar-refractivity contribution in [3.63, 3.8) is 0 Å². The molecule has 6 nitrogen and oxygen atoms in total. The van der Waals surface area contributed by atoms with Gasteiger partial charge in [-0.15, -0.1) is 11.3 Å². The minimum absolute atomic E-state index is 0.174. The molecule has 2 aromatic carbocycles. The molecule has 0 aliphatic carbocycles. The lowest BCUT2D eigenvalue weighted by molar-refractivity contribution is 0.215. The number of aromatic hydroxyl groups is 1. The minimum Gasteiger partial charge on any atom is -0.504 e. The summed E-state index contributed by atoms with van der Waals surface area (Å²) in [5, 5.41) is 19.0. The summed E-state index contributed by atoms with van der Waals surface area (Å²) in [6, 6.07) is 14.1. The van der Waals surface area contributed by atoms with Crippen LogP contribution in [0.4, 0.5) is 0 Å². The molecule has 0 radical (unpaired) electrons. The van der Waals surface area contributed by atoms with E-state index in [1.165, 1.54) is 0 Å². The molecule has 2 N–H and O–H groups in total. The van der Waals surface area contributed by atoms with Gasteiger partial charge in [-0.25, -0.2) is 4.98 Å². The molecular weight excluding hydrogens is 384 g/mol. The van der Waals surface area contributed by atoms with Crippen molar-refractivity contribution in [3.05, 3.63) is 59.4 Å². The van der Waals surface area contributed by atoms with Gasteiger partial charge in [-0.05, 0) is 36.8 Å². The molecule has 0 bridgehead atoms. The molecule has 4 aromatic rings. The van der Waals surface area contributed by atoms with Crippen molar-refractivity contribution in [1.29, 1.82) is 0 Å². The zero-order valence-corrected chi connectivity index (χ0v) is 17.0. The number of phenols is 1. The highest BCUT2D eigenvalue weighted by molar-refractivity contribution is 7.21. The van der Waals surface area contributed by atoms with E-state index in [1.54, 1.807) is 17.4 Å². The number of aromatic amines is 1. The lowest BCUT2D eigenvalue weighted by Crippen LogP contribution is -2.25. The number of para-hydroxylation sites is 1. The average Bonchev–Trinajstić information content (AvgIpc) is 3.30. The number of hydrogen-bond donors (Lipinski definition) is 2. The summed E-state index contributed by atoms with van der Waals surface area (Å²) < 4.78 is 7.03. The fourth-order valence-electron chi connectivity index (χ4n) is 3.72. The number of phenolic OH excluding ortho intramolecular Hbond substituents is 1. The number of ether oxygens (including phenoxy) is 1. The standard InChI is InChI=1S/C22H22N4O2S/c1-2-16-11-17(25-24-16)13-26-7-8-28-21-15(12-26)9-14(10-19(21)27)22-23-18-5-3-4-6-20(18)29-22/h3-6,9-11,27H,2,7-8,12-13H2,1H3,(H,24,25). The summed E-state index contributed by atoms with van der Waals surface area (Å²) >= 11 is 1.63. The van der Waals surface area contributed by atoms with Crippen LogP contribution in [0.15, 0.2) is 42.5 Å². The smallest absolute Gasteiger partial charge is 0.165 e. The highest BCUT2D eigenvalue weighted by Crippen LogP contribution is 2.39. The van der Waals surface area contributed by atoms with Gasteiger partial charge in [0.2, 0.25) is 0 Å². The van der Waals surface area contributed by atoms with Gasteiger partial charge < -0.3 is 9.84 Å². The number of hydrogen-bond acceptors (Lipinski definition) is 6. The number of H-pyrrole nitrogens is 1. The van der Waals surface area contributed by atoms with Gasteiger partial charge in [0.25, 0.3) is 0 Å². The van der Waals surface area contributed by atoms with Crippen LogP contribution in [0.1, 0.15) is 23.9 Å². The normalized spacial score (nSPS) is 14.5. The van der Waals surface area contributed by atoms with Crippen LogP contribution in [0.5, 0.6) is 11.5 Å². The number of fused-ring (bicyclic) bond motifs is 2. The van der Waals surface area contributed by atoms with Crippen molar-refractivity contribution < 1.29 is 9.84 Å². The van der Waals surface area contributed by atoms with E-state index in [9.17, 15) is 5.11 Å². The second-order valence-electron chi connectivity index (χ2n) is 7.27. The predicted molar refractivity (Wildman–Crippen MR) is 114 cm³/mol. The van der Waals surface area contributed by atoms with E-state index < -0.39 is 0 Å². The number of aryl methyl sites for hydroxylation is 1. The van der Waals surface area contributed by atoms with Gasteiger partial charge in [0.1, 0.15) is 11.6 Å². The first-order valence-electron chi connectivity index (χ1n) is 9.79. The minimum atomic E-state index is 0.174. The zero-order valence-electron chi connectivity index (χ0n) is 16.2. The lowest BCUT2D eigenvalue weighted by Gasteiger charge is -2.18. The Bertz CT molecular complexity index is 1130. The average molecular weight is 407 g/mol. The van der Waals surface area contributed by atoms with E-state index >= 15 is 0 Å². The van der Waals surface area contributed by atoms with Crippen LogP contribution in [0.3, 0.4) is 0 Å². The van der Waals surface area contributed by atoms with E-state index in [0.717, 1.165) is 57.2 Å². The first kappa shape index (κ1) is 18.1. The Morgan fingerprint density at radius 2 is 2.14 bits per heavy atom. The molecule has 2 aromatic heterocycles. The van der Waals surface area contributed by atoms with E-state index in [0.29, 0.717) is 18.9 Å². The Hall–Kier alpha value is -2.90. The summed E-state index contributed by atoms with van der Waals surface area (Å²) in [5.41, 5.74) is 5.04. The fourth-order valence-corrected chi connectivity index (χ4v) is 4.67. The fraction of sp³-hybridized carbons (Fsp3) is 0.273. The third-order valence-corrected chi connectivity index (χ3v) is 6.26. The Balaban J connectivity index is 1.46. The second-order valence-corrected chi connectivity index (χ2v) is 8.30. The molecule has 5 rings (SSSR count). The van der Waals surface area contributed by atoms with Crippen molar-refractivity contribution in [2.75, 3.05) is 13.2 Å². The van der Waals surface area contributed by atoms with Crippen molar-refractivity contribution in [2.24, 2.45) is 0 Å². The van der Waals surface area contributed by atoms with Gasteiger partial charge in [-0.2, -0.15) is 5.10 Å². The highest BCUT2D eigenvalue weighted by Gasteiger charge is 2.21. The number of benzene rings is 2. The summed E-state index contributed by atoms with van der Waals surface area (Å²) in [7, 11) is 0. The highest BCUT2D eigenvalue weighted by atomic mass is 32.1. The number of nitrogens with zero attached hydrogens (tertiary/aromatic N) is 3. The van der Waals surface area contributed by atoms with Gasteiger partial charge in [0.05, 0.1) is 15.9 Å². The van der Waals surface area contributed by atoms with E-state index in [4.69, 9.17) is 9.72 Å². The van der Waals surface area contributed by atoms with Crippen molar-refractivity contribution in [1.82, 2.24) is 20.1 Å². The van der Waals surface area contributed by atoms with Crippen molar-refractivity contribution >= 4 is 21.6 Å². The molecule has 148 valence electrons. The maximum absolute atomic E-state index is 10.6. The van der Waals surface area contributed by atoms with Gasteiger partial charge >= 0.3 is 0 Å². The Kier molecular flexibility index (Phi) is 4.69. The monoisotopic (exact) mass is 406 g/mol. The van der Waals surface area contributed by atoms with Gasteiger partial charge in [-0.3, -0.25) is 10.00 Å². The number of rotatable bonds is 4. The molecule has 0 unspecified atom stereocenters. The van der Waals surface area contributed by atoms with Crippen molar-refractivity contribution in [3.8, 4) is 22.1 Å². The molecule has 0 saturated heterocycles. The quantitative estimate of drug-likeness (QED) is 0.527. The molecule has 0 saturated carbocycles. The molecule has 3 heterocycles. The van der Waals surface area contributed by atoms with Crippen LogP contribution in [0.25, 0.3) is 20.8 Å². The van der Waals surface area contributed by atoms with E-state index in [1.807, 2.05) is 18.2 Å². The summed E-state index contributed by atoms with van der Waals surface area (Å²) in [5.74, 6) is 0.754. The number of aromatic nitrogens is 3. The van der Waals surface area contributed by atoms with Gasteiger partial charge in [0.15, 0.2) is 11.5 Å². The van der Waals surface area contributed by atoms with E-state index in [-0.39, 0.29) is 5.75 Å². The molecule has 1 aliphatic rings. The Morgan fingerprint density at radius 1 is 1.24 bits per heavy atom. The van der Waals surface area contributed by atoms with Crippen LogP contribution in [0.2, 0.25) is 0 Å². The largest absolute Gasteiger partial charge is 0.504 e. The lowest BCUT2D eigenvalue weighted by atomic mass is 10.1. The third-order valence-electron chi connectivity index (χ3n) is 5.18. The molecule has 0 fully saturated rings. The SMILES string of the molecule is CCc1cc(CN2CCOc3c(O)cc(-c4nc5ccccc5s4)cc3C2)[nH]n1. The van der Waals surface area contributed by atoms with Gasteiger partial charge in [-0.1, -0.05) is 19.1 Å². The third kappa shape index (κ3) is 3.59. The second kappa shape index (κ2) is 7.50. The Morgan fingerprint density at radius 3 is 2.97 bits per heavy atom. The predicted octanol–water partition coefficient (Wildman–Crippen LogP) is 4.35. The first-order chi connectivity index (χ1) is 14.2. The van der Waals surface area contributed by atoms with Crippen LogP contribution >= 0.6 is 11.3 Å². The molecular formula is C22H22N4O2S. The molecule has 0 amide bonds. The maximum Gasteiger partial charge on any atom is 0.165 e. The van der Waals surface area contributed by atoms with Crippen molar-refractivity contribution in [2.45, 2.75) is 26.4 Å². The molecule has 29 heavy (non-hydrogen) atoms. The molecule has 0 spiro atoms. The number of thiazole rings is 1. The first-order valence-corrected chi connectivity index (χ1v) is 10.6. The summed E-state index contributed by atoms with van der Waals surface area (Å²) in [6.07, 6.45) is 0.918. The molecule has 0 atom stereocenters. The molecule has 7 heteroatoms. The van der Waals surface area contributed by atoms with Crippen LogP contribution in [-0.2, 0) is 19.5 Å².